The van der Waals surface area contributed by atoms with E-state index in [2.05, 4.69) is 17.9 Å². The number of hydrogen-bond acceptors (Lipinski definition) is 9. The van der Waals surface area contributed by atoms with Crippen molar-refractivity contribution in [3.8, 4) is 0 Å². The number of thiol groups is 1. The van der Waals surface area contributed by atoms with Crippen LogP contribution in [0.1, 0.15) is 64.2 Å². The van der Waals surface area contributed by atoms with E-state index >= 15 is 0 Å². The van der Waals surface area contributed by atoms with E-state index in [1.165, 1.54) is 51.4 Å². The van der Waals surface area contributed by atoms with Gasteiger partial charge in [0.25, 0.3) is 0 Å². The van der Waals surface area contributed by atoms with Gasteiger partial charge in [-0.1, -0.05) is 44.9 Å². The van der Waals surface area contributed by atoms with Gasteiger partial charge in [0.1, 0.15) is 12.6 Å². The minimum Gasteiger partial charge on any atom is -0.481 e. The second-order valence-corrected chi connectivity index (χ2v) is 8.91. The molecule has 0 heterocycles. The van der Waals surface area contributed by atoms with Crippen LogP contribution >= 0.6 is 12.6 Å². The number of ether oxygens (including phenoxy) is 5. The maximum atomic E-state index is 11.6. The molecule has 11 nitrogen and oxygen atoms in total. The Balaban J connectivity index is 3.26. The minimum atomic E-state index is -1.49. The van der Waals surface area contributed by atoms with Crippen molar-refractivity contribution in [1.29, 1.82) is 0 Å². The van der Waals surface area contributed by atoms with Crippen molar-refractivity contribution in [2.24, 2.45) is 0 Å². The zero-order valence-corrected chi connectivity index (χ0v) is 22.9. The van der Waals surface area contributed by atoms with Gasteiger partial charge < -0.3 is 39.2 Å². The molecule has 3 N–H and O–H groups in total. The fourth-order valence-corrected chi connectivity index (χ4v) is 3.43. The summed E-state index contributed by atoms with van der Waals surface area (Å²) < 4.78 is 26.8. The maximum absolute atomic E-state index is 11.6. The molecular formula is C25H47NO10S. The third-order valence-electron chi connectivity index (χ3n) is 5.18. The average Bonchev–Trinajstić information content (AvgIpc) is 2.86. The van der Waals surface area contributed by atoms with Crippen molar-refractivity contribution in [2.45, 2.75) is 70.3 Å². The lowest BCUT2D eigenvalue weighted by Gasteiger charge is -2.12. The molecule has 0 unspecified atom stereocenters. The lowest BCUT2D eigenvalue weighted by molar-refractivity contribution is -0.147. The predicted octanol–water partition coefficient (Wildman–Crippen LogP) is 2.55. The second kappa shape index (κ2) is 27.6. The van der Waals surface area contributed by atoms with Gasteiger partial charge in [-0.25, -0.2) is 4.79 Å². The van der Waals surface area contributed by atoms with Gasteiger partial charge in [0.2, 0.25) is 5.91 Å². The molecule has 0 aliphatic heterocycles. The molecular weight excluding hydrogens is 506 g/mol. The summed E-state index contributed by atoms with van der Waals surface area (Å²) in [7, 11) is 0. The Labute approximate surface area is 226 Å². The van der Waals surface area contributed by atoms with Crippen LogP contribution in [-0.4, -0.2) is 106 Å². The van der Waals surface area contributed by atoms with Crippen LogP contribution in [0.3, 0.4) is 0 Å². The van der Waals surface area contributed by atoms with Gasteiger partial charge >= 0.3 is 11.9 Å². The second-order valence-electron chi connectivity index (χ2n) is 8.46. The average molecular weight is 554 g/mol. The summed E-state index contributed by atoms with van der Waals surface area (Å²) in [6, 6.07) is -1.49. The molecule has 12 heteroatoms. The Kier molecular flexibility index (Phi) is 26.5. The van der Waals surface area contributed by atoms with Crippen LogP contribution < -0.4 is 5.32 Å². The van der Waals surface area contributed by atoms with Crippen LogP contribution in [0, 0.1) is 0 Å². The Morgan fingerprint density at radius 2 is 1.00 bits per heavy atom. The number of hydrogen-bond donors (Lipinski definition) is 4. The van der Waals surface area contributed by atoms with Crippen LogP contribution in [0.4, 0.5) is 0 Å². The van der Waals surface area contributed by atoms with E-state index in [9.17, 15) is 14.4 Å². The van der Waals surface area contributed by atoms with Crippen molar-refractivity contribution in [3.63, 3.8) is 0 Å². The molecule has 37 heavy (non-hydrogen) atoms. The molecule has 1 atom stereocenters. The molecule has 0 saturated heterocycles. The quantitative estimate of drug-likeness (QED) is 0.0804. The summed E-state index contributed by atoms with van der Waals surface area (Å²) >= 11 is 4.23. The SMILES string of the molecule is O=C(O)C[C@H](NC(=O)COCCOCCOCCOCCOCCCCCCCCCCCS)C(=O)O. The highest BCUT2D eigenvalue weighted by Crippen LogP contribution is 2.10. The number of carbonyl (C=O) groups is 3. The molecule has 0 aromatic heterocycles. The molecule has 0 aromatic rings. The van der Waals surface area contributed by atoms with Crippen molar-refractivity contribution < 1.29 is 48.3 Å². The smallest absolute Gasteiger partial charge is 0.326 e. The van der Waals surface area contributed by atoms with Gasteiger partial charge in [-0.15, -0.1) is 0 Å². The first-order valence-electron chi connectivity index (χ1n) is 13.2. The van der Waals surface area contributed by atoms with Crippen molar-refractivity contribution >= 4 is 30.5 Å². The molecule has 0 rings (SSSR count). The highest BCUT2D eigenvalue weighted by Gasteiger charge is 2.22. The Hall–Kier alpha value is -1.44. The number of nitrogens with one attached hydrogen (secondary N) is 1. The molecule has 0 aliphatic rings. The highest BCUT2D eigenvalue weighted by atomic mass is 32.1. The van der Waals surface area contributed by atoms with E-state index in [1.54, 1.807) is 0 Å². The normalized spacial score (nSPS) is 11.9. The molecule has 1 amide bonds. The number of carbonyl (C=O) groups excluding carboxylic acids is 1. The molecule has 0 radical (unpaired) electrons. The van der Waals surface area contributed by atoms with Crippen LogP contribution in [0.5, 0.6) is 0 Å². The summed E-state index contributed by atoms with van der Waals surface area (Å²) in [6.45, 7) is 3.57. The van der Waals surface area contributed by atoms with Gasteiger partial charge in [0.15, 0.2) is 0 Å². The standard InChI is InChI=1S/C25H47NO10S/c27-23(26-22(25(30)31)20-24(28)29)21-36-18-17-35-16-15-34-14-13-33-12-11-32-10-8-6-4-2-1-3-5-7-9-19-37/h22,37H,1-21H2,(H,26,27)(H,28,29)(H,30,31)/t22-/m0/s1. The van der Waals surface area contributed by atoms with Gasteiger partial charge in [0.05, 0.1) is 59.3 Å². The number of carboxylic acid groups (broad SMARTS) is 2. The van der Waals surface area contributed by atoms with Gasteiger partial charge in [-0.2, -0.15) is 12.6 Å². The number of carboxylic acids is 2. The Morgan fingerprint density at radius 3 is 1.43 bits per heavy atom. The van der Waals surface area contributed by atoms with Gasteiger partial charge in [-0.3, -0.25) is 9.59 Å². The summed E-state index contributed by atoms with van der Waals surface area (Å²) in [5, 5.41) is 19.6. The van der Waals surface area contributed by atoms with Crippen LogP contribution in [0.25, 0.3) is 0 Å². The third kappa shape index (κ3) is 27.4. The molecule has 0 aliphatic carbocycles. The first-order chi connectivity index (χ1) is 18.0. The summed E-state index contributed by atoms with van der Waals surface area (Å²) in [4.78, 5) is 33.1. The molecule has 218 valence electrons. The maximum Gasteiger partial charge on any atom is 0.326 e. The molecule has 0 fully saturated rings. The Morgan fingerprint density at radius 1 is 0.595 bits per heavy atom. The summed E-state index contributed by atoms with van der Waals surface area (Å²) in [5.74, 6) is -2.45. The van der Waals surface area contributed by atoms with Gasteiger partial charge in [-0.05, 0) is 18.6 Å². The molecule has 0 spiro atoms. The molecule has 0 bridgehead atoms. The van der Waals surface area contributed by atoms with E-state index in [1.807, 2.05) is 0 Å². The van der Waals surface area contributed by atoms with E-state index in [-0.39, 0.29) is 19.8 Å². The number of rotatable bonds is 29. The van der Waals surface area contributed by atoms with E-state index in [4.69, 9.17) is 33.9 Å². The number of amides is 1. The zero-order chi connectivity index (χ0) is 27.4. The third-order valence-corrected chi connectivity index (χ3v) is 5.50. The van der Waals surface area contributed by atoms with E-state index < -0.39 is 30.3 Å². The van der Waals surface area contributed by atoms with Crippen molar-refractivity contribution in [2.75, 3.05) is 71.8 Å². The van der Waals surface area contributed by atoms with Crippen molar-refractivity contribution in [1.82, 2.24) is 5.32 Å². The van der Waals surface area contributed by atoms with Crippen molar-refractivity contribution in [3.05, 3.63) is 0 Å². The lowest BCUT2D eigenvalue weighted by Crippen LogP contribution is -2.43. The molecule has 0 aromatic carbocycles. The minimum absolute atomic E-state index is 0.129. The first kappa shape index (κ1) is 35.6. The predicted molar refractivity (Wildman–Crippen MR) is 141 cm³/mol. The monoisotopic (exact) mass is 553 g/mol. The highest BCUT2D eigenvalue weighted by molar-refractivity contribution is 7.80. The first-order valence-corrected chi connectivity index (χ1v) is 13.8. The largest absolute Gasteiger partial charge is 0.481 e. The molecule has 0 saturated carbocycles. The summed E-state index contributed by atoms with van der Waals surface area (Å²) in [6.07, 6.45) is 10.8. The summed E-state index contributed by atoms with van der Waals surface area (Å²) in [5.41, 5.74) is 0. The van der Waals surface area contributed by atoms with Crippen LogP contribution in [-0.2, 0) is 38.1 Å². The topological polar surface area (TPSA) is 150 Å². The lowest BCUT2D eigenvalue weighted by atomic mass is 10.1. The number of unbranched alkanes of at least 4 members (excludes halogenated alkanes) is 8. The van der Waals surface area contributed by atoms with E-state index in [0.717, 1.165) is 18.8 Å². The zero-order valence-electron chi connectivity index (χ0n) is 22.0. The van der Waals surface area contributed by atoms with E-state index in [0.29, 0.717) is 39.6 Å². The van der Waals surface area contributed by atoms with Crippen LogP contribution in [0.15, 0.2) is 0 Å². The van der Waals surface area contributed by atoms with Gasteiger partial charge in [0, 0.05) is 6.61 Å². The fourth-order valence-electron chi connectivity index (χ4n) is 3.21. The number of aliphatic carboxylic acids is 2. The Bertz CT molecular complexity index is 568. The fraction of sp³-hybridized carbons (Fsp3) is 0.880. The van der Waals surface area contributed by atoms with Crippen LogP contribution in [0.2, 0.25) is 0 Å².